The van der Waals surface area contributed by atoms with Gasteiger partial charge in [0.2, 0.25) is 5.91 Å². The summed E-state index contributed by atoms with van der Waals surface area (Å²) in [7, 11) is 0. The van der Waals surface area contributed by atoms with Crippen LogP contribution in [0.1, 0.15) is 19.4 Å². The van der Waals surface area contributed by atoms with Crippen molar-refractivity contribution < 1.29 is 9.53 Å². The predicted molar refractivity (Wildman–Crippen MR) is 68.6 cm³/mol. The number of halogens is 1. The SMILES string of the molecule is Cc1ccc(NC(=O)COC(C)C)cc1Br. The van der Waals surface area contributed by atoms with Crippen LogP contribution in [0.2, 0.25) is 0 Å². The highest BCUT2D eigenvalue weighted by molar-refractivity contribution is 9.10. The van der Waals surface area contributed by atoms with Crippen molar-refractivity contribution in [2.45, 2.75) is 26.9 Å². The molecule has 1 aromatic rings. The molecule has 0 fully saturated rings. The Kier molecular flexibility index (Phi) is 4.96. The Balaban J connectivity index is 2.53. The summed E-state index contributed by atoms with van der Waals surface area (Å²) in [6.07, 6.45) is 0.0653. The number of benzene rings is 1. The third kappa shape index (κ3) is 4.33. The lowest BCUT2D eigenvalue weighted by Gasteiger charge is -2.09. The van der Waals surface area contributed by atoms with Crippen molar-refractivity contribution in [1.29, 1.82) is 0 Å². The van der Waals surface area contributed by atoms with Gasteiger partial charge in [0.25, 0.3) is 0 Å². The third-order valence-corrected chi connectivity index (χ3v) is 2.86. The first kappa shape index (κ1) is 13.2. The van der Waals surface area contributed by atoms with Crippen LogP contribution >= 0.6 is 15.9 Å². The molecule has 0 atom stereocenters. The number of rotatable bonds is 4. The predicted octanol–water partition coefficient (Wildman–Crippen LogP) is 3.12. The van der Waals surface area contributed by atoms with E-state index in [2.05, 4.69) is 21.2 Å². The summed E-state index contributed by atoms with van der Waals surface area (Å²) in [6.45, 7) is 5.88. The number of aryl methyl sites for hydroxylation is 1. The average molecular weight is 286 g/mol. The van der Waals surface area contributed by atoms with Crippen molar-refractivity contribution in [3.05, 3.63) is 28.2 Å². The van der Waals surface area contributed by atoms with Crippen LogP contribution < -0.4 is 5.32 Å². The van der Waals surface area contributed by atoms with Crippen LogP contribution in [0.25, 0.3) is 0 Å². The molecule has 1 rings (SSSR count). The number of amides is 1. The number of ether oxygens (including phenoxy) is 1. The normalized spacial score (nSPS) is 10.6. The topological polar surface area (TPSA) is 38.3 Å². The fraction of sp³-hybridized carbons (Fsp3) is 0.417. The van der Waals surface area contributed by atoms with Gasteiger partial charge in [0.15, 0.2) is 0 Å². The van der Waals surface area contributed by atoms with Crippen LogP contribution in [0.3, 0.4) is 0 Å². The molecule has 16 heavy (non-hydrogen) atoms. The second-order valence-electron chi connectivity index (χ2n) is 3.87. The van der Waals surface area contributed by atoms with Crippen molar-refractivity contribution in [1.82, 2.24) is 0 Å². The Morgan fingerprint density at radius 3 is 2.75 bits per heavy atom. The fourth-order valence-electron chi connectivity index (χ4n) is 1.11. The van der Waals surface area contributed by atoms with E-state index in [4.69, 9.17) is 4.74 Å². The van der Waals surface area contributed by atoms with Gasteiger partial charge >= 0.3 is 0 Å². The van der Waals surface area contributed by atoms with E-state index in [0.717, 1.165) is 15.7 Å². The van der Waals surface area contributed by atoms with E-state index >= 15 is 0 Å². The van der Waals surface area contributed by atoms with Gasteiger partial charge in [-0.15, -0.1) is 0 Å². The Hall–Kier alpha value is -0.870. The summed E-state index contributed by atoms with van der Waals surface area (Å²) < 4.78 is 6.19. The Labute approximate surface area is 104 Å². The van der Waals surface area contributed by atoms with Crippen molar-refractivity contribution in [3.63, 3.8) is 0 Å². The Bertz CT molecular complexity index is 377. The van der Waals surface area contributed by atoms with Crippen LogP contribution in [0.5, 0.6) is 0 Å². The third-order valence-electron chi connectivity index (χ3n) is 2.00. The zero-order valence-corrected chi connectivity index (χ0v) is 11.3. The molecule has 1 aromatic carbocycles. The van der Waals surface area contributed by atoms with Crippen LogP contribution in [0.15, 0.2) is 22.7 Å². The number of hydrogen-bond acceptors (Lipinski definition) is 2. The molecule has 4 heteroatoms. The molecule has 0 heterocycles. The molecule has 0 unspecified atom stereocenters. The maximum atomic E-state index is 11.5. The molecule has 0 saturated carbocycles. The molecule has 0 bridgehead atoms. The first-order chi connectivity index (χ1) is 7.49. The first-order valence-corrected chi connectivity index (χ1v) is 5.96. The van der Waals surface area contributed by atoms with Gasteiger partial charge in [0.1, 0.15) is 6.61 Å². The number of carbonyl (C=O) groups is 1. The lowest BCUT2D eigenvalue weighted by Crippen LogP contribution is -2.20. The van der Waals surface area contributed by atoms with E-state index in [9.17, 15) is 4.79 Å². The zero-order valence-electron chi connectivity index (χ0n) is 9.71. The number of nitrogens with one attached hydrogen (secondary N) is 1. The van der Waals surface area contributed by atoms with E-state index < -0.39 is 0 Å². The fourth-order valence-corrected chi connectivity index (χ4v) is 1.49. The summed E-state index contributed by atoms with van der Waals surface area (Å²) in [5.74, 6) is -0.135. The molecule has 0 aliphatic carbocycles. The molecule has 1 amide bonds. The maximum absolute atomic E-state index is 11.5. The van der Waals surface area contributed by atoms with Crippen LogP contribution in [0, 0.1) is 6.92 Å². The van der Waals surface area contributed by atoms with E-state index in [1.807, 2.05) is 39.0 Å². The zero-order chi connectivity index (χ0) is 12.1. The van der Waals surface area contributed by atoms with E-state index in [-0.39, 0.29) is 18.6 Å². The number of hydrogen-bond donors (Lipinski definition) is 1. The molecular formula is C12H16BrNO2. The van der Waals surface area contributed by atoms with Crippen molar-refractivity contribution in [3.8, 4) is 0 Å². The molecule has 0 spiro atoms. The summed E-state index contributed by atoms with van der Waals surface area (Å²) in [5, 5.41) is 2.77. The Morgan fingerprint density at radius 2 is 2.19 bits per heavy atom. The first-order valence-electron chi connectivity index (χ1n) is 5.16. The smallest absolute Gasteiger partial charge is 0.250 e. The largest absolute Gasteiger partial charge is 0.369 e. The highest BCUT2D eigenvalue weighted by atomic mass is 79.9. The molecule has 88 valence electrons. The molecule has 0 saturated heterocycles. The van der Waals surface area contributed by atoms with E-state index in [1.54, 1.807) is 0 Å². The minimum absolute atomic E-state index is 0.0653. The van der Waals surface area contributed by atoms with Gasteiger partial charge in [-0.25, -0.2) is 0 Å². The summed E-state index contributed by atoms with van der Waals surface area (Å²) in [4.78, 5) is 11.5. The quantitative estimate of drug-likeness (QED) is 0.923. The highest BCUT2D eigenvalue weighted by Crippen LogP contribution is 2.20. The molecule has 0 aliphatic heterocycles. The van der Waals surface area contributed by atoms with Gasteiger partial charge in [-0.2, -0.15) is 0 Å². The van der Waals surface area contributed by atoms with Gasteiger partial charge in [-0.1, -0.05) is 22.0 Å². The molecule has 3 nitrogen and oxygen atoms in total. The molecular weight excluding hydrogens is 270 g/mol. The molecule has 0 aliphatic rings. The minimum Gasteiger partial charge on any atom is -0.369 e. The van der Waals surface area contributed by atoms with Gasteiger partial charge < -0.3 is 10.1 Å². The summed E-state index contributed by atoms with van der Waals surface area (Å²) in [6, 6.07) is 5.69. The van der Waals surface area contributed by atoms with Crippen molar-refractivity contribution >= 4 is 27.5 Å². The minimum atomic E-state index is -0.135. The van der Waals surface area contributed by atoms with Crippen LogP contribution in [-0.4, -0.2) is 18.6 Å². The van der Waals surface area contributed by atoms with Gasteiger partial charge in [-0.3, -0.25) is 4.79 Å². The summed E-state index contributed by atoms with van der Waals surface area (Å²) in [5.41, 5.74) is 1.91. The van der Waals surface area contributed by atoms with Crippen LogP contribution in [0.4, 0.5) is 5.69 Å². The van der Waals surface area contributed by atoms with Gasteiger partial charge in [0.05, 0.1) is 6.10 Å². The van der Waals surface area contributed by atoms with E-state index in [0.29, 0.717) is 0 Å². The second-order valence-corrected chi connectivity index (χ2v) is 4.73. The van der Waals surface area contributed by atoms with Crippen molar-refractivity contribution in [2.75, 3.05) is 11.9 Å². The van der Waals surface area contributed by atoms with Crippen LogP contribution in [-0.2, 0) is 9.53 Å². The summed E-state index contributed by atoms with van der Waals surface area (Å²) >= 11 is 3.42. The molecule has 1 N–H and O–H groups in total. The molecule has 0 radical (unpaired) electrons. The van der Waals surface area contributed by atoms with E-state index in [1.165, 1.54) is 0 Å². The lowest BCUT2D eigenvalue weighted by molar-refractivity contribution is -0.121. The standard InChI is InChI=1S/C12H16BrNO2/c1-8(2)16-7-12(15)14-10-5-4-9(3)11(13)6-10/h4-6,8H,7H2,1-3H3,(H,14,15). The molecule has 0 aromatic heterocycles. The Morgan fingerprint density at radius 1 is 1.50 bits per heavy atom. The lowest BCUT2D eigenvalue weighted by atomic mass is 10.2. The number of carbonyl (C=O) groups excluding carboxylic acids is 1. The van der Waals surface area contributed by atoms with Crippen molar-refractivity contribution in [2.24, 2.45) is 0 Å². The second kappa shape index (κ2) is 6.01. The highest BCUT2D eigenvalue weighted by Gasteiger charge is 2.04. The average Bonchev–Trinajstić information content (AvgIpc) is 2.21. The van der Waals surface area contributed by atoms with Gasteiger partial charge in [-0.05, 0) is 38.5 Å². The number of anilines is 1. The van der Waals surface area contributed by atoms with Gasteiger partial charge in [0, 0.05) is 10.2 Å². The monoisotopic (exact) mass is 285 g/mol. The maximum Gasteiger partial charge on any atom is 0.250 e.